The number of hydrogen-bond donors (Lipinski definition) is 1. The second-order valence-electron chi connectivity index (χ2n) is 3.85. The molecule has 0 unspecified atom stereocenters. The Kier molecular flexibility index (Phi) is 7.32. The Morgan fingerprint density at radius 2 is 2.06 bits per heavy atom. The fourth-order valence-electron chi connectivity index (χ4n) is 1.46. The predicted octanol–water partition coefficient (Wildman–Crippen LogP) is 1.31. The monoisotopic (exact) mass is 255 g/mol. The maximum Gasteiger partial charge on any atom is 0.125 e. The van der Waals surface area contributed by atoms with Gasteiger partial charge in [-0.3, -0.25) is 4.98 Å². The van der Waals surface area contributed by atoms with Crippen molar-refractivity contribution >= 4 is 0 Å². The first-order valence-corrected chi connectivity index (χ1v) is 6.04. The lowest BCUT2D eigenvalue weighted by Gasteiger charge is -2.11. The van der Waals surface area contributed by atoms with Crippen molar-refractivity contribution in [3.63, 3.8) is 0 Å². The van der Waals surface area contributed by atoms with Crippen LogP contribution in [0.1, 0.15) is 17.7 Å². The topological polar surface area (TPSA) is 60.8 Å². The van der Waals surface area contributed by atoms with Gasteiger partial charge in [-0.05, 0) is 13.0 Å². The minimum atomic E-state index is -0.0663. The highest BCUT2D eigenvalue weighted by atomic mass is 16.5. The quantitative estimate of drug-likeness (QED) is 0.674. The smallest absolute Gasteiger partial charge is 0.125 e. The molecule has 1 aromatic heterocycles. The molecule has 0 saturated heterocycles. The van der Waals surface area contributed by atoms with E-state index < -0.39 is 0 Å². The Morgan fingerprint density at radius 1 is 1.22 bits per heavy atom. The van der Waals surface area contributed by atoms with Gasteiger partial charge in [0.25, 0.3) is 0 Å². The molecule has 0 spiro atoms. The maximum absolute atomic E-state index is 9.09. The van der Waals surface area contributed by atoms with E-state index in [1.54, 1.807) is 19.4 Å². The molecule has 0 aliphatic rings. The van der Waals surface area contributed by atoms with Crippen LogP contribution in [-0.2, 0) is 16.1 Å². The van der Waals surface area contributed by atoms with E-state index in [0.29, 0.717) is 32.1 Å². The Hall–Kier alpha value is -1.17. The van der Waals surface area contributed by atoms with E-state index in [1.165, 1.54) is 0 Å². The molecule has 0 aromatic carbocycles. The van der Waals surface area contributed by atoms with Crippen molar-refractivity contribution in [2.24, 2.45) is 0 Å². The fraction of sp³-hybridized carbons (Fsp3) is 0.615. The molecule has 1 N–H and O–H groups in total. The van der Waals surface area contributed by atoms with Crippen LogP contribution in [0.25, 0.3) is 0 Å². The number of ether oxygens (including phenoxy) is 3. The highest BCUT2D eigenvalue weighted by molar-refractivity contribution is 5.34. The Bertz CT molecular complexity index is 344. The van der Waals surface area contributed by atoms with E-state index in [1.807, 2.05) is 6.92 Å². The normalized spacial score (nSPS) is 10.6. The lowest BCUT2D eigenvalue weighted by atomic mass is 10.2. The van der Waals surface area contributed by atoms with Crippen LogP contribution in [0.5, 0.6) is 5.75 Å². The van der Waals surface area contributed by atoms with Gasteiger partial charge >= 0.3 is 0 Å². The van der Waals surface area contributed by atoms with Crippen molar-refractivity contribution in [1.29, 1.82) is 0 Å². The largest absolute Gasteiger partial charge is 0.493 e. The molecule has 0 amide bonds. The lowest BCUT2D eigenvalue weighted by Crippen LogP contribution is -2.07. The number of pyridine rings is 1. The van der Waals surface area contributed by atoms with Crippen molar-refractivity contribution in [2.45, 2.75) is 20.0 Å². The van der Waals surface area contributed by atoms with Gasteiger partial charge in [0.15, 0.2) is 0 Å². The highest BCUT2D eigenvalue weighted by Gasteiger charge is 2.05. The zero-order chi connectivity index (χ0) is 13.2. The van der Waals surface area contributed by atoms with Crippen LogP contribution in [0.15, 0.2) is 12.3 Å². The van der Waals surface area contributed by atoms with Gasteiger partial charge in [-0.1, -0.05) is 0 Å². The van der Waals surface area contributed by atoms with Gasteiger partial charge in [-0.25, -0.2) is 0 Å². The molecule has 5 heteroatoms. The average Bonchev–Trinajstić information content (AvgIpc) is 2.39. The summed E-state index contributed by atoms with van der Waals surface area (Å²) >= 11 is 0. The zero-order valence-corrected chi connectivity index (χ0v) is 11.0. The second kappa shape index (κ2) is 8.85. The summed E-state index contributed by atoms with van der Waals surface area (Å²) in [5.41, 5.74) is 1.55. The van der Waals surface area contributed by atoms with Crippen LogP contribution in [0, 0.1) is 6.92 Å². The number of aliphatic hydroxyl groups is 1. The molecule has 0 radical (unpaired) electrons. The summed E-state index contributed by atoms with van der Waals surface area (Å²) < 4.78 is 15.8. The van der Waals surface area contributed by atoms with Crippen LogP contribution < -0.4 is 4.74 Å². The summed E-state index contributed by atoms with van der Waals surface area (Å²) in [6, 6.07) is 1.81. The van der Waals surface area contributed by atoms with Gasteiger partial charge in [-0.15, -0.1) is 0 Å². The van der Waals surface area contributed by atoms with E-state index in [4.69, 9.17) is 19.3 Å². The van der Waals surface area contributed by atoms with Crippen LogP contribution in [-0.4, -0.2) is 43.6 Å². The van der Waals surface area contributed by atoms with Gasteiger partial charge in [0, 0.05) is 31.9 Å². The van der Waals surface area contributed by atoms with Crippen LogP contribution in [0.4, 0.5) is 0 Å². The molecule has 0 saturated carbocycles. The summed E-state index contributed by atoms with van der Waals surface area (Å²) in [5.74, 6) is 0.769. The third-order valence-electron chi connectivity index (χ3n) is 2.53. The number of hydrogen-bond acceptors (Lipinski definition) is 5. The van der Waals surface area contributed by atoms with E-state index in [-0.39, 0.29) is 6.61 Å². The molecule has 1 aromatic rings. The van der Waals surface area contributed by atoms with Crippen LogP contribution in [0.2, 0.25) is 0 Å². The first-order valence-electron chi connectivity index (χ1n) is 6.04. The van der Waals surface area contributed by atoms with E-state index in [2.05, 4.69) is 4.98 Å². The summed E-state index contributed by atoms with van der Waals surface area (Å²) in [6.07, 6.45) is 2.46. The first-order chi connectivity index (χ1) is 8.79. The third-order valence-corrected chi connectivity index (χ3v) is 2.53. The molecule has 5 nitrogen and oxygen atoms in total. The number of aromatic nitrogens is 1. The van der Waals surface area contributed by atoms with Crippen molar-refractivity contribution in [1.82, 2.24) is 4.98 Å². The Labute approximate surface area is 108 Å². The standard InChI is InChI=1S/C13H21NO4/c1-11-12(10-15)14-5-4-13(11)18-7-3-6-17-9-8-16-2/h4-5,15H,3,6-10H2,1-2H3. The molecular weight excluding hydrogens is 234 g/mol. The van der Waals surface area contributed by atoms with E-state index in [0.717, 1.165) is 17.7 Å². The number of nitrogens with zero attached hydrogens (tertiary/aromatic N) is 1. The van der Waals surface area contributed by atoms with Crippen molar-refractivity contribution < 1.29 is 19.3 Å². The lowest BCUT2D eigenvalue weighted by molar-refractivity contribution is 0.0644. The summed E-state index contributed by atoms with van der Waals surface area (Å²) in [7, 11) is 1.65. The van der Waals surface area contributed by atoms with Gasteiger partial charge in [0.1, 0.15) is 5.75 Å². The molecule has 102 valence electrons. The Morgan fingerprint density at radius 3 is 2.78 bits per heavy atom. The predicted molar refractivity (Wildman–Crippen MR) is 67.7 cm³/mol. The summed E-state index contributed by atoms with van der Waals surface area (Å²) in [4.78, 5) is 4.07. The van der Waals surface area contributed by atoms with Gasteiger partial charge < -0.3 is 19.3 Å². The molecule has 1 rings (SSSR count). The van der Waals surface area contributed by atoms with Crippen molar-refractivity contribution in [2.75, 3.05) is 33.5 Å². The molecule has 18 heavy (non-hydrogen) atoms. The third kappa shape index (κ3) is 5.00. The van der Waals surface area contributed by atoms with Gasteiger partial charge in [0.2, 0.25) is 0 Å². The molecule has 0 bridgehead atoms. The molecule has 0 atom stereocenters. The second-order valence-corrected chi connectivity index (χ2v) is 3.85. The number of aliphatic hydroxyl groups excluding tert-OH is 1. The molecular formula is C13H21NO4. The first kappa shape index (κ1) is 14.9. The van der Waals surface area contributed by atoms with E-state index in [9.17, 15) is 0 Å². The van der Waals surface area contributed by atoms with Crippen LogP contribution >= 0.6 is 0 Å². The number of methoxy groups -OCH3 is 1. The molecule has 0 aliphatic heterocycles. The highest BCUT2D eigenvalue weighted by Crippen LogP contribution is 2.19. The maximum atomic E-state index is 9.09. The van der Waals surface area contributed by atoms with Gasteiger partial charge in [-0.2, -0.15) is 0 Å². The average molecular weight is 255 g/mol. The van der Waals surface area contributed by atoms with Gasteiger partial charge in [0.05, 0.1) is 32.1 Å². The van der Waals surface area contributed by atoms with Crippen molar-refractivity contribution in [3.05, 3.63) is 23.5 Å². The molecule has 0 aliphatic carbocycles. The minimum absolute atomic E-state index is 0.0663. The zero-order valence-electron chi connectivity index (χ0n) is 11.0. The van der Waals surface area contributed by atoms with Crippen molar-refractivity contribution in [3.8, 4) is 5.75 Å². The molecule has 1 heterocycles. The summed E-state index contributed by atoms with van der Waals surface area (Å²) in [6.45, 7) is 4.29. The fourth-order valence-corrected chi connectivity index (χ4v) is 1.46. The number of rotatable bonds is 9. The summed E-state index contributed by atoms with van der Waals surface area (Å²) in [5, 5.41) is 9.09. The molecule has 0 fully saturated rings. The SMILES string of the molecule is COCCOCCCOc1ccnc(CO)c1C. The Balaban J connectivity index is 2.23. The van der Waals surface area contributed by atoms with Crippen LogP contribution in [0.3, 0.4) is 0 Å². The van der Waals surface area contributed by atoms with E-state index >= 15 is 0 Å². The minimum Gasteiger partial charge on any atom is -0.493 e.